The molecule has 0 aromatic carbocycles. The Morgan fingerprint density at radius 2 is 2.44 bits per heavy atom. The van der Waals surface area contributed by atoms with E-state index in [1.54, 1.807) is 11.3 Å². The molecule has 2 heterocycles. The molecular weight excluding hydrogens is 284 g/mol. The van der Waals surface area contributed by atoms with E-state index in [1.807, 2.05) is 0 Å². The molecule has 18 heavy (non-hydrogen) atoms. The summed E-state index contributed by atoms with van der Waals surface area (Å²) >= 11 is 9.65. The molecule has 0 spiro atoms. The van der Waals surface area contributed by atoms with Crippen LogP contribution in [0.3, 0.4) is 0 Å². The van der Waals surface area contributed by atoms with Crippen LogP contribution in [0.25, 0.3) is 0 Å². The van der Waals surface area contributed by atoms with Crippen molar-refractivity contribution in [2.24, 2.45) is 0 Å². The molecule has 1 unspecified atom stereocenters. The van der Waals surface area contributed by atoms with Crippen LogP contribution in [0.1, 0.15) is 30.5 Å². The number of hydrogen-bond donors (Lipinski definition) is 0. The fourth-order valence-corrected chi connectivity index (χ4v) is 4.53. The maximum atomic E-state index is 5.76. The minimum Gasteiger partial charge on any atom is -0.301 e. The van der Waals surface area contributed by atoms with Crippen molar-refractivity contribution in [1.29, 1.82) is 0 Å². The highest BCUT2D eigenvalue weighted by Crippen LogP contribution is 2.21. The molecular formula is C13H21ClN2S2. The molecule has 1 saturated heterocycles. The van der Waals surface area contributed by atoms with Crippen LogP contribution in [-0.2, 0) is 12.3 Å². The van der Waals surface area contributed by atoms with Gasteiger partial charge < -0.3 is 4.90 Å². The van der Waals surface area contributed by atoms with Gasteiger partial charge in [0.25, 0.3) is 0 Å². The van der Waals surface area contributed by atoms with Crippen LogP contribution in [-0.4, -0.2) is 40.5 Å². The van der Waals surface area contributed by atoms with Crippen molar-refractivity contribution in [2.75, 3.05) is 25.4 Å². The van der Waals surface area contributed by atoms with E-state index in [2.05, 4.69) is 33.9 Å². The van der Waals surface area contributed by atoms with Gasteiger partial charge in [0.2, 0.25) is 0 Å². The van der Waals surface area contributed by atoms with Crippen LogP contribution in [0.15, 0.2) is 5.38 Å². The van der Waals surface area contributed by atoms with Crippen LogP contribution in [0.5, 0.6) is 0 Å². The largest absolute Gasteiger partial charge is 0.301 e. The lowest BCUT2D eigenvalue weighted by molar-refractivity contribution is 0.278. The Morgan fingerprint density at radius 1 is 1.56 bits per heavy atom. The molecule has 1 atom stereocenters. The minimum absolute atomic E-state index is 0.540. The second kappa shape index (κ2) is 7.73. The van der Waals surface area contributed by atoms with Crippen molar-refractivity contribution < 1.29 is 0 Å². The predicted molar refractivity (Wildman–Crippen MR) is 83.0 cm³/mol. The highest BCUT2D eigenvalue weighted by molar-refractivity contribution is 8.00. The lowest BCUT2D eigenvalue weighted by Gasteiger charge is -2.31. The number of halogens is 1. The van der Waals surface area contributed by atoms with Gasteiger partial charge in [-0.2, -0.15) is 11.8 Å². The van der Waals surface area contributed by atoms with Gasteiger partial charge in [-0.25, -0.2) is 4.98 Å². The van der Waals surface area contributed by atoms with Gasteiger partial charge in [-0.1, -0.05) is 6.92 Å². The molecule has 2 rings (SSSR count). The zero-order chi connectivity index (χ0) is 12.8. The molecule has 0 radical (unpaired) electrons. The maximum Gasteiger partial charge on any atom is 0.0929 e. The number of thioether (sulfide) groups is 1. The summed E-state index contributed by atoms with van der Waals surface area (Å²) in [6, 6.07) is 0. The van der Waals surface area contributed by atoms with Crippen molar-refractivity contribution >= 4 is 34.7 Å². The van der Waals surface area contributed by atoms with Crippen LogP contribution in [0.2, 0.25) is 0 Å². The fraction of sp³-hybridized carbons (Fsp3) is 0.769. The van der Waals surface area contributed by atoms with Crippen molar-refractivity contribution in [1.82, 2.24) is 9.88 Å². The minimum atomic E-state index is 0.540. The van der Waals surface area contributed by atoms with E-state index in [-0.39, 0.29) is 0 Å². The van der Waals surface area contributed by atoms with Gasteiger partial charge in [0.1, 0.15) is 0 Å². The van der Waals surface area contributed by atoms with Gasteiger partial charge in [-0.3, -0.25) is 0 Å². The molecule has 1 aliphatic heterocycles. The second-order valence-electron chi connectivity index (χ2n) is 4.67. The van der Waals surface area contributed by atoms with Gasteiger partial charge in [0, 0.05) is 35.9 Å². The molecule has 1 aromatic rings. The van der Waals surface area contributed by atoms with E-state index in [9.17, 15) is 0 Å². The quantitative estimate of drug-likeness (QED) is 0.747. The summed E-state index contributed by atoms with van der Waals surface area (Å²) in [6.45, 7) is 6.04. The Morgan fingerprint density at radius 3 is 3.17 bits per heavy atom. The number of hydrogen-bond acceptors (Lipinski definition) is 4. The third-order valence-corrected chi connectivity index (χ3v) is 5.88. The molecule has 1 fully saturated rings. The van der Waals surface area contributed by atoms with Crippen LogP contribution in [0, 0.1) is 0 Å². The van der Waals surface area contributed by atoms with E-state index in [4.69, 9.17) is 11.6 Å². The maximum absolute atomic E-state index is 5.76. The summed E-state index contributed by atoms with van der Waals surface area (Å²) in [5.41, 5.74) is 1.03. The normalized spacial score (nSPS) is 21.3. The zero-order valence-corrected chi connectivity index (χ0v) is 13.3. The van der Waals surface area contributed by atoms with Crippen LogP contribution in [0.4, 0.5) is 0 Å². The zero-order valence-electron chi connectivity index (χ0n) is 10.9. The third-order valence-electron chi connectivity index (χ3n) is 3.28. The van der Waals surface area contributed by atoms with E-state index >= 15 is 0 Å². The van der Waals surface area contributed by atoms with E-state index < -0.39 is 0 Å². The molecule has 0 amide bonds. The summed E-state index contributed by atoms with van der Waals surface area (Å²) in [5.74, 6) is 1.84. The van der Waals surface area contributed by atoms with Gasteiger partial charge >= 0.3 is 0 Å². The number of rotatable bonds is 6. The van der Waals surface area contributed by atoms with Crippen molar-refractivity contribution in [3.05, 3.63) is 16.1 Å². The lowest BCUT2D eigenvalue weighted by atomic mass is 10.2. The number of thiazole rings is 1. The van der Waals surface area contributed by atoms with E-state index in [0.717, 1.165) is 17.4 Å². The van der Waals surface area contributed by atoms with Crippen molar-refractivity contribution in [3.8, 4) is 0 Å². The lowest BCUT2D eigenvalue weighted by Crippen LogP contribution is -2.38. The van der Waals surface area contributed by atoms with Crippen LogP contribution < -0.4 is 0 Å². The first kappa shape index (κ1) is 14.6. The Labute approximate surface area is 123 Å². The first-order valence-corrected chi connectivity index (χ1v) is 9.11. The molecule has 1 aromatic heterocycles. The van der Waals surface area contributed by atoms with Gasteiger partial charge in [-0.05, 0) is 19.4 Å². The van der Waals surface area contributed by atoms with E-state index in [0.29, 0.717) is 5.88 Å². The summed E-state index contributed by atoms with van der Waals surface area (Å²) in [4.78, 5) is 7.12. The Bertz CT molecular complexity index is 357. The number of alkyl halides is 1. The molecule has 2 nitrogen and oxygen atoms in total. The monoisotopic (exact) mass is 304 g/mol. The summed E-state index contributed by atoms with van der Waals surface area (Å²) in [7, 11) is 0. The molecule has 0 bridgehead atoms. The van der Waals surface area contributed by atoms with Crippen molar-refractivity contribution in [3.63, 3.8) is 0 Å². The molecule has 0 saturated carbocycles. The highest BCUT2D eigenvalue weighted by Gasteiger charge is 2.18. The highest BCUT2D eigenvalue weighted by atomic mass is 35.5. The number of aryl methyl sites for hydroxylation is 1. The first-order chi connectivity index (χ1) is 8.81. The van der Waals surface area contributed by atoms with Crippen molar-refractivity contribution in [2.45, 2.75) is 37.3 Å². The summed E-state index contributed by atoms with van der Waals surface area (Å²) in [5, 5.41) is 4.16. The molecule has 102 valence electrons. The van der Waals surface area contributed by atoms with Gasteiger partial charge in [-0.15, -0.1) is 22.9 Å². The second-order valence-corrected chi connectivity index (χ2v) is 7.29. The smallest absolute Gasteiger partial charge is 0.0929 e. The number of nitrogens with zero attached hydrogens (tertiary/aromatic N) is 2. The molecule has 0 aliphatic carbocycles. The molecule has 1 aliphatic rings. The van der Waals surface area contributed by atoms with Gasteiger partial charge in [0.15, 0.2) is 0 Å². The third kappa shape index (κ3) is 4.41. The Hall–Kier alpha value is 0.230. The van der Waals surface area contributed by atoms with Crippen LogP contribution >= 0.6 is 34.7 Å². The summed E-state index contributed by atoms with van der Waals surface area (Å²) in [6.07, 6.45) is 3.62. The average Bonchev–Trinajstić information content (AvgIpc) is 2.87. The first-order valence-electron chi connectivity index (χ1n) is 6.65. The average molecular weight is 305 g/mol. The standard InChI is InChI=1S/C13H21ClN2S2/c1-2-12-9-16(6-7-17-12)5-3-4-13-15-11(8-14)10-18-13/h10,12H,2-9H2,1H3. The fourth-order valence-electron chi connectivity index (χ4n) is 2.21. The van der Waals surface area contributed by atoms with Gasteiger partial charge in [0.05, 0.1) is 16.6 Å². The Balaban J connectivity index is 1.68. The molecule has 0 N–H and O–H groups in total. The topological polar surface area (TPSA) is 16.1 Å². The van der Waals surface area contributed by atoms with E-state index in [1.165, 1.54) is 43.2 Å². The number of aromatic nitrogens is 1. The Kier molecular flexibility index (Phi) is 6.29. The summed E-state index contributed by atoms with van der Waals surface area (Å²) < 4.78 is 0. The SMILES string of the molecule is CCC1CN(CCCc2nc(CCl)cs2)CCS1. The predicted octanol–water partition coefficient (Wildman–Crippen LogP) is 3.64. The molecule has 5 heteroatoms.